The van der Waals surface area contributed by atoms with Crippen LogP contribution in [-0.4, -0.2) is 59.1 Å². The van der Waals surface area contributed by atoms with Gasteiger partial charge < -0.3 is 19.5 Å². The molecule has 3 rings (SSSR count). The average Bonchev–Trinajstić information content (AvgIpc) is 2.86. The van der Waals surface area contributed by atoms with Gasteiger partial charge in [0.15, 0.2) is 0 Å². The van der Waals surface area contributed by atoms with Gasteiger partial charge in [-0.2, -0.15) is 4.31 Å². The topological polar surface area (TPSA) is 94.2 Å². The number of nitrogens with one attached hydrogen (secondary N) is 1. The Balaban J connectivity index is 1.51. The second-order valence-corrected chi connectivity index (χ2v) is 9.75. The van der Waals surface area contributed by atoms with Crippen LogP contribution in [0.5, 0.6) is 17.2 Å². The Labute approximate surface area is 195 Å². The van der Waals surface area contributed by atoms with Crippen molar-refractivity contribution in [1.82, 2.24) is 9.62 Å². The van der Waals surface area contributed by atoms with E-state index in [0.717, 1.165) is 25.0 Å². The van der Waals surface area contributed by atoms with E-state index in [1.54, 1.807) is 49.6 Å². The van der Waals surface area contributed by atoms with Gasteiger partial charge >= 0.3 is 0 Å². The fourth-order valence-electron chi connectivity index (χ4n) is 3.73. The molecule has 9 heteroatoms. The normalized spacial score (nSPS) is 14.5. The van der Waals surface area contributed by atoms with Gasteiger partial charge in [-0.3, -0.25) is 4.79 Å². The molecular weight excluding hydrogens is 444 g/mol. The Hall–Kier alpha value is -2.78. The average molecular weight is 477 g/mol. The monoisotopic (exact) mass is 476 g/mol. The molecule has 0 aliphatic carbocycles. The highest BCUT2D eigenvalue weighted by molar-refractivity contribution is 7.89. The molecule has 180 valence electrons. The molecule has 1 heterocycles. The first-order valence-electron chi connectivity index (χ1n) is 11.1. The molecule has 2 aromatic carbocycles. The molecule has 2 aromatic rings. The first-order valence-corrected chi connectivity index (χ1v) is 12.6. The first-order chi connectivity index (χ1) is 15.9. The standard InChI is InChI=1S/C24H32N2O6S/c1-30-20-7-9-21(10-8-20)32-17-14-25-24(27)13-6-19-18-22(11-12-23(19)31-2)33(28,29)26-15-4-3-5-16-26/h7-12,18H,3-6,13-17H2,1-2H3,(H,25,27). The number of amides is 1. The molecule has 0 atom stereocenters. The number of nitrogens with zero attached hydrogens (tertiary/aromatic N) is 1. The smallest absolute Gasteiger partial charge is 0.243 e. The van der Waals surface area contributed by atoms with Gasteiger partial charge in [-0.05, 0) is 67.3 Å². The third-order valence-corrected chi connectivity index (χ3v) is 7.47. The predicted molar refractivity (Wildman–Crippen MR) is 125 cm³/mol. The number of hydrogen-bond donors (Lipinski definition) is 1. The molecule has 1 N–H and O–H groups in total. The molecule has 0 radical (unpaired) electrons. The Morgan fingerprint density at radius 3 is 2.33 bits per heavy atom. The van der Waals surface area contributed by atoms with Crippen LogP contribution in [0.4, 0.5) is 0 Å². The predicted octanol–water partition coefficient (Wildman–Crippen LogP) is 3.01. The molecule has 1 aliphatic heterocycles. The molecular formula is C24H32N2O6S. The quantitative estimate of drug-likeness (QED) is 0.501. The summed E-state index contributed by atoms with van der Waals surface area (Å²) >= 11 is 0. The Bertz CT molecular complexity index is 1020. The van der Waals surface area contributed by atoms with Crippen LogP contribution < -0.4 is 19.5 Å². The molecule has 0 bridgehead atoms. The number of sulfonamides is 1. The zero-order chi connectivity index (χ0) is 23.7. The molecule has 1 fully saturated rings. The van der Waals surface area contributed by atoms with Crippen LogP contribution >= 0.6 is 0 Å². The molecule has 1 saturated heterocycles. The molecule has 8 nitrogen and oxygen atoms in total. The van der Waals surface area contributed by atoms with Crippen LogP contribution in [0.25, 0.3) is 0 Å². The lowest BCUT2D eigenvalue weighted by Gasteiger charge is -2.26. The highest BCUT2D eigenvalue weighted by Gasteiger charge is 2.26. The minimum Gasteiger partial charge on any atom is -0.497 e. The van der Waals surface area contributed by atoms with Crippen LogP contribution in [0.1, 0.15) is 31.2 Å². The number of rotatable bonds is 11. The van der Waals surface area contributed by atoms with E-state index in [0.29, 0.717) is 49.7 Å². The minimum absolute atomic E-state index is 0.139. The second kappa shape index (κ2) is 11.9. The summed E-state index contributed by atoms with van der Waals surface area (Å²) in [6.45, 7) is 1.80. The van der Waals surface area contributed by atoms with Gasteiger partial charge in [0.05, 0.1) is 25.7 Å². The third-order valence-electron chi connectivity index (χ3n) is 5.58. The van der Waals surface area contributed by atoms with Gasteiger partial charge in [0.1, 0.15) is 23.9 Å². The molecule has 0 spiro atoms. The van der Waals surface area contributed by atoms with E-state index in [-0.39, 0.29) is 17.2 Å². The van der Waals surface area contributed by atoms with Crippen molar-refractivity contribution in [3.63, 3.8) is 0 Å². The first kappa shape index (κ1) is 24.9. The SMILES string of the molecule is COc1ccc(OCCNC(=O)CCc2cc(S(=O)(=O)N3CCCCC3)ccc2OC)cc1. The zero-order valence-electron chi connectivity index (χ0n) is 19.2. The van der Waals surface area contributed by atoms with Crippen molar-refractivity contribution in [3.05, 3.63) is 48.0 Å². The Morgan fingerprint density at radius 2 is 1.67 bits per heavy atom. The summed E-state index contributed by atoms with van der Waals surface area (Å²) in [5, 5.41) is 2.82. The van der Waals surface area contributed by atoms with Crippen molar-refractivity contribution in [2.45, 2.75) is 37.0 Å². The summed E-state index contributed by atoms with van der Waals surface area (Å²) in [6.07, 6.45) is 3.40. The zero-order valence-corrected chi connectivity index (χ0v) is 20.0. The number of ether oxygens (including phenoxy) is 3. The van der Waals surface area contributed by atoms with Gasteiger partial charge in [-0.1, -0.05) is 6.42 Å². The number of aryl methyl sites for hydroxylation is 1. The van der Waals surface area contributed by atoms with Crippen molar-refractivity contribution >= 4 is 15.9 Å². The molecule has 0 aromatic heterocycles. The van der Waals surface area contributed by atoms with E-state index in [1.807, 2.05) is 0 Å². The molecule has 0 saturated carbocycles. The lowest BCUT2D eigenvalue weighted by Crippen LogP contribution is -2.35. The number of carbonyl (C=O) groups excluding carboxylic acids is 1. The van der Waals surface area contributed by atoms with Crippen molar-refractivity contribution in [3.8, 4) is 17.2 Å². The molecule has 1 amide bonds. The van der Waals surface area contributed by atoms with E-state index < -0.39 is 10.0 Å². The van der Waals surface area contributed by atoms with E-state index >= 15 is 0 Å². The van der Waals surface area contributed by atoms with Crippen LogP contribution in [0.2, 0.25) is 0 Å². The highest BCUT2D eigenvalue weighted by Crippen LogP contribution is 2.27. The Morgan fingerprint density at radius 1 is 0.970 bits per heavy atom. The summed E-state index contributed by atoms with van der Waals surface area (Å²) in [7, 11) is -0.406. The fourth-order valence-corrected chi connectivity index (χ4v) is 5.30. The largest absolute Gasteiger partial charge is 0.497 e. The van der Waals surface area contributed by atoms with E-state index in [9.17, 15) is 13.2 Å². The number of hydrogen-bond acceptors (Lipinski definition) is 6. The van der Waals surface area contributed by atoms with E-state index in [2.05, 4.69) is 5.32 Å². The van der Waals surface area contributed by atoms with Crippen molar-refractivity contribution < 1.29 is 27.4 Å². The molecule has 0 unspecified atom stereocenters. The van der Waals surface area contributed by atoms with Gasteiger partial charge in [-0.15, -0.1) is 0 Å². The summed E-state index contributed by atoms with van der Waals surface area (Å²) in [4.78, 5) is 12.5. The summed E-state index contributed by atoms with van der Waals surface area (Å²) in [5.41, 5.74) is 0.695. The third kappa shape index (κ3) is 6.85. The van der Waals surface area contributed by atoms with Gasteiger partial charge in [0.25, 0.3) is 0 Å². The minimum atomic E-state index is -3.54. The number of benzene rings is 2. The second-order valence-electron chi connectivity index (χ2n) is 7.81. The summed E-state index contributed by atoms with van der Waals surface area (Å²) in [6, 6.07) is 12.1. The number of methoxy groups -OCH3 is 2. The van der Waals surface area contributed by atoms with Crippen molar-refractivity contribution in [1.29, 1.82) is 0 Å². The van der Waals surface area contributed by atoms with Crippen LogP contribution in [0.15, 0.2) is 47.4 Å². The molecule has 1 aliphatic rings. The maximum atomic E-state index is 13.0. The van der Waals surface area contributed by atoms with Crippen molar-refractivity contribution in [2.24, 2.45) is 0 Å². The number of carbonyl (C=O) groups is 1. The lowest BCUT2D eigenvalue weighted by atomic mass is 10.1. The fraction of sp³-hybridized carbons (Fsp3) is 0.458. The van der Waals surface area contributed by atoms with Crippen LogP contribution in [-0.2, 0) is 21.2 Å². The van der Waals surface area contributed by atoms with Gasteiger partial charge in [0, 0.05) is 19.5 Å². The maximum Gasteiger partial charge on any atom is 0.243 e. The molecule has 33 heavy (non-hydrogen) atoms. The summed E-state index contributed by atoms with van der Waals surface area (Å²) in [5.74, 6) is 1.88. The van der Waals surface area contributed by atoms with Gasteiger partial charge in [-0.25, -0.2) is 8.42 Å². The van der Waals surface area contributed by atoms with Gasteiger partial charge in [0.2, 0.25) is 15.9 Å². The summed E-state index contributed by atoms with van der Waals surface area (Å²) < 4.78 is 43.6. The van der Waals surface area contributed by atoms with Crippen LogP contribution in [0.3, 0.4) is 0 Å². The van der Waals surface area contributed by atoms with Crippen molar-refractivity contribution in [2.75, 3.05) is 40.5 Å². The maximum absolute atomic E-state index is 13.0. The number of piperidine rings is 1. The highest BCUT2D eigenvalue weighted by atomic mass is 32.2. The van der Waals surface area contributed by atoms with E-state index in [4.69, 9.17) is 14.2 Å². The van der Waals surface area contributed by atoms with E-state index in [1.165, 1.54) is 11.4 Å². The Kier molecular flexibility index (Phi) is 8.96. The van der Waals surface area contributed by atoms with Crippen LogP contribution in [0, 0.1) is 0 Å². The lowest BCUT2D eigenvalue weighted by molar-refractivity contribution is -0.121.